The van der Waals surface area contributed by atoms with Crippen molar-refractivity contribution in [3.8, 4) is 0 Å². The Morgan fingerprint density at radius 1 is 1.64 bits per heavy atom. The molecule has 1 saturated carbocycles. The summed E-state index contributed by atoms with van der Waals surface area (Å²) < 4.78 is 1.94. The highest BCUT2D eigenvalue weighted by molar-refractivity contribution is 5.30. The molecular formula is C8H13N3. The maximum absolute atomic E-state index is 5.53. The maximum Gasteiger partial charge on any atom is 0.0719 e. The van der Waals surface area contributed by atoms with Crippen LogP contribution in [-0.2, 0) is 6.54 Å². The molecule has 11 heavy (non-hydrogen) atoms. The Bertz CT molecular complexity index is 237. The standard InChI is InChI=1S/C8H13N3/c9-8-4-10-11(6-8)5-7-2-1-3-7/h4,6-7H,1-3,5,9H2. The number of nitrogens with two attached hydrogens (primary N) is 1. The van der Waals surface area contributed by atoms with Gasteiger partial charge in [-0.3, -0.25) is 4.68 Å². The van der Waals surface area contributed by atoms with Crippen LogP contribution in [-0.4, -0.2) is 9.78 Å². The van der Waals surface area contributed by atoms with Crippen molar-refractivity contribution in [1.29, 1.82) is 0 Å². The molecule has 3 heteroatoms. The second-order valence-corrected chi connectivity index (χ2v) is 3.29. The summed E-state index contributed by atoms with van der Waals surface area (Å²) in [6, 6.07) is 0. The summed E-state index contributed by atoms with van der Waals surface area (Å²) in [5, 5.41) is 4.13. The first-order valence-electron chi connectivity index (χ1n) is 4.12. The normalized spacial score (nSPS) is 18.2. The van der Waals surface area contributed by atoms with Crippen LogP contribution < -0.4 is 5.73 Å². The lowest BCUT2D eigenvalue weighted by Gasteiger charge is -2.24. The molecule has 0 amide bonds. The topological polar surface area (TPSA) is 43.8 Å². The van der Waals surface area contributed by atoms with Crippen molar-refractivity contribution in [1.82, 2.24) is 9.78 Å². The van der Waals surface area contributed by atoms with E-state index in [1.165, 1.54) is 19.3 Å². The van der Waals surface area contributed by atoms with Gasteiger partial charge in [0.25, 0.3) is 0 Å². The molecule has 0 spiro atoms. The van der Waals surface area contributed by atoms with E-state index in [2.05, 4.69) is 5.10 Å². The zero-order valence-corrected chi connectivity index (χ0v) is 6.53. The van der Waals surface area contributed by atoms with E-state index in [1.54, 1.807) is 6.20 Å². The number of anilines is 1. The van der Waals surface area contributed by atoms with E-state index in [-0.39, 0.29) is 0 Å². The molecular weight excluding hydrogens is 138 g/mol. The third kappa shape index (κ3) is 1.37. The van der Waals surface area contributed by atoms with Gasteiger partial charge < -0.3 is 5.73 Å². The predicted octanol–water partition coefficient (Wildman–Crippen LogP) is 1.27. The predicted molar refractivity (Wildman–Crippen MR) is 44.0 cm³/mol. The number of nitrogens with zero attached hydrogens (tertiary/aromatic N) is 2. The fraction of sp³-hybridized carbons (Fsp3) is 0.625. The van der Waals surface area contributed by atoms with E-state index >= 15 is 0 Å². The first kappa shape index (κ1) is 6.70. The largest absolute Gasteiger partial charge is 0.396 e. The van der Waals surface area contributed by atoms with Crippen molar-refractivity contribution < 1.29 is 0 Å². The summed E-state index contributed by atoms with van der Waals surface area (Å²) >= 11 is 0. The van der Waals surface area contributed by atoms with Gasteiger partial charge >= 0.3 is 0 Å². The van der Waals surface area contributed by atoms with Gasteiger partial charge in [-0.25, -0.2) is 0 Å². The average molecular weight is 151 g/mol. The van der Waals surface area contributed by atoms with Gasteiger partial charge in [-0.05, 0) is 18.8 Å². The van der Waals surface area contributed by atoms with E-state index in [0.29, 0.717) is 0 Å². The molecule has 60 valence electrons. The second-order valence-electron chi connectivity index (χ2n) is 3.29. The zero-order chi connectivity index (χ0) is 7.68. The van der Waals surface area contributed by atoms with Crippen molar-refractivity contribution in [3.63, 3.8) is 0 Å². The molecule has 1 aliphatic rings. The van der Waals surface area contributed by atoms with Crippen LogP contribution in [0.1, 0.15) is 19.3 Å². The smallest absolute Gasteiger partial charge is 0.0719 e. The summed E-state index contributed by atoms with van der Waals surface area (Å²) in [5.41, 5.74) is 6.30. The molecule has 0 unspecified atom stereocenters. The van der Waals surface area contributed by atoms with Crippen molar-refractivity contribution in [2.45, 2.75) is 25.8 Å². The Kier molecular flexibility index (Phi) is 1.56. The molecule has 0 aliphatic heterocycles. The third-order valence-corrected chi connectivity index (χ3v) is 2.32. The monoisotopic (exact) mass is 151 g/mol. The van der Waals surface area contributed by atoms with Gasteiger partial charge in [0.05, 0.1) is 11.9 Å². The van der Waals surface area contributed by atoms with Gasteiger partial charge in [-0.1, -0.05) is 6.42 Å². The first-order valence-corrected chi connectivity index (χ1v) is 4.12. The summed E-state index contributed by atoms with van der Waals surface area (Å²) in [6.07, 6.45) is 7.72. The first-order chi connectivity index (χ1) is 5.34. The summed E-state index contributed by atoms with van der Waals surface area (Å²) in [4.78, 5) is 0. The molecule has 1 aliphatic carbocycles. The Hall–Kier alpha value is -0.990. The fourth-order valence-corrected chi connectivity index (χ4v) is 1.42. The van der Waals surface area contributed by atoms with E-state index in [1.807, 2.05) is 10.9 Å². The average Bonchev–Trinajstić information content (AvgIpc) is 2.27. The molecule has 1 heterocycles. The minimum absolute atomic E-state index is 0.768. The van der Waals surface area contributed by atoms with Crippen molar-refractivity contribution in [2.24, 2.45) is 5.92 Å². The maximum atomic E-state index is 5.53. The lowest BCUT2D eigenvalue weighted by molar-refractivity contribution is 0.266. The van der Waals surface area contributed by atoms with Crippen LogP contribution in [0.3, 0.4) is 0 Å². The van der Waals surface area contributed by atoms with Crippen molar-refractivity contribution in [3.05, 3.63) is 12.4 Å². The van der Waals surface area contributed by atoms with Gasteiger partial charge in [-0.2, -0.15) is 5.10 Å². The Labute approximate surface area is 66.2 Å². The van der Waals surface area contributed by atoms with Gasteiger partial charge in [0, 0.05) is 12.7 Å². The molecule has 0 atom stereocenters. The minimum Gasteiger partial charge on any atom is -0.396 e. The van der Waals surface area contributed by atoms with Gasteiger partial charge in [0.15, 0.2) is 0 Å². The molecule has 2 rings (SSSR count). The second kappa shape index (κ2) is 2.57. The molecule has 0 saturated heterocycles. The van der Waals surface area contributed by atoms with Gasteiger partial charge in [0.1, 0.15) is 0 Å². The van der Waals surface area contributed by atoms with Crippen LogP contribution >= 0.6 is 0 Å². The fourth-order valence-electron chi connectivity index (χ4n) is 1.42. The molecule has 1 aromatic rings. The third-order valence-electron chi connectivity index (χ3n) is 2.32. The SMILES string of the molecule is Nc1cnn(CC2CCC2)c1. The number of hydrogen-bond acceptors (Lipinski definition) is 2. The Morgan fingerprint density at radius 3 is 2.91 bits per heavy atom. The lowest BCUT2D eigenvalue weighted by atomic mass is 9.85. The van der Waals surface area contributed by atoms with E-state index in [4.69, 9.17) is 5.73 Å². The van der Waals surface area contributed by atoms with Crippen molar-refractivity contribution in [2.75, 3.05) is 5.73 Å². The highest BCUT2D eigenvalue weighted by atomic mass is 15.3. The minimum atomic E-state index is 0.768. The van der Waals surface area contributed by atoms with Crippen LogP contribution in [0.25, 0.3) is 0 Å². The number of hydrogen-bond donors (Lipinski definition) is 1. The van der Waals surface area contributed by atoms with E-state index < -0.39 is 0 Å². The molecule has 1 fully saturated rings. The van der Waals surface area contributed by atoms with Gasteiger partial charge in [-0.15, -0.1) is 0 Å². The highest BCUT2D eigenvalue weighted by Gasteiger charge is 2.17. The summed E-state index contributed by atoms with van der Waals surface area (Å²) in [7, 11) is 0. The van der Waals surface area contributed by atoms with Crippen LogP contribution in [0.2, 0.25) is 0 Å². The van der Waals surface area contributed by atoms with Crippen LogP contribution in [0.5, 0.6) is 0 Å². The number of rotatable bonds is 2. The number of nitrogen functional groups attached to an aromatic ring is 1. The Morgan fingerprint density at radius 2 is 2.45 bits per heavy atom. The van der Waals surface area contributed by atoms with Gasteiger partial charge in [0.2, 0.25) is 0 Å². The molecule has 0 radical (unpaired) electrons. The molecule has 0 aromatic carbocycles. The van der Waals surface area contributed by atoms with Crippen LogP contribution in [0.15, 0.2) is 12.4 Å². The lowest BCUT2D eigenvalue weighted by Crippen LogP contribution is -2.18. The molecule has 1 aromatic heterocycles. The van der Waals surface area contributed by atoms with E-state index in [9.17, 15) is 0 Å². The van der Waals surface area contributed by atoms with Crippen LogP contribution in [0, 0.1) is 5.92 Å². The Balaban J connectivity index is 1.95. The molecule has 2 N–H and O–H groups in total. The molecule has 3 nitrogen and oxygen atoms in total. The summed E-state index contributed by atoms with van der Waals surface area (Å²) in [5.74, 6) is 0.856. The highest BCUT2D eigenvalue weighted by Crippen LogP contribution is 2.27. The molecule has 0 bridgehead atoms. The van der Waals surface area contributed by atoms with Crippen molar-refractivity contribution >= 4 is 5.69 Å². The summed E-state index contributed by atoms with van der Waals surface area (Å²) in [6.45, 7) is 1.05. The van der Waals surface area contributed by atoms with E-state index in [0.717, 1.165) is 18.2 Å². The number of aromatic nitrogens is 2. The van der Waals surface area contributed by atoms with Crippen LogP contribution in [0.4, 0.5) is 5.69 Å². The zero-order valence-electron chi connectivity index (χ0n) is 6.53. The quantitative estimate of drug-likeness (QED) is 0.691.